The van der Waals surface area contributed by atoms with Crippen molar-refractivity contribution in [3.05, 3.63) is 0 Å². The molecule has 1 amide bonds. The number of hydrogen-bond donors (Lipinski definition) is 4. The molecule has 4 saturated carbocycles. The van der Waals surface area contributed by atoms with Gasteiger partial charge in [-0.15, -0.1) is 0 Å². The highest BCUT2D eigenvalue weighted by atomic mass is 32.2. The average molecular weight is 514 g/mol. The zero-order valence-corrected chi connectivity index (χ0v) is 22.8. The summed E-state index contributed by atoms with van der Waals surface area (Å²) in [4.78, 5) is 12.5. The highest BCUT2D eigenvalue weighted by Gasteiger charge is 2.62. The van der Waals surface area contributed by atoms with E-state index < -0.39 is 15.9 Å². The third kappa shape index (κ3) is 5.19. The monoisotopic (exact) mass is 513 g/mol. The zero-order valence-electron chi connectivity index (χ0n) is 21.9. The smallest absolute Gasteiger partial charge is 0.266 e. The van der Waals surface area contributed by atoms with Gasteiger partial charge in [0.1, 0.15) is 0 Å². The van der Waals surface area contributed by atoms with Crippen LogP contribution in [0.5, 0.6) is 0 Å². The normalized spacial score (nSPS) is 45.1. The minimum Gasteiger partial charge on any atom is -0.393 e. The third-order valence-corrected chi connectivity index (χ3v) is 12.0. The fourth-order valence-electron chi connectivity index (χ4n) is 9.48. The van der Waals surface area contributed by atoms with Crippen molar-refractivity contribution in [2.24, 2.45) is 52.3 Å². The van der Waals surface area contributed by atoms with Gasteiger partial charge in [-0.25, -0.2) is 0 Å². The second-order valence-electron chi connectivity index (χ2n) is 13.1. The Balaban J connectivity index is 1.42. The Morgan fingerprint density at radius 2 is 1.66 bits per heavy atom. The molecule has 0 saturated heterocycles. The van der Waals surface area contributed by atoms with Crippen LogP contribution in [0.4, 0.5) is 0 Å². The van der Waals surface area contributed by atoms with Gasteiger partial charge in [-0.2, -0.15) is 8.42 Å². The molecule has 0 heterocycles. The van der Waals surface area contributed by atoms with Crippen LogP contribution < -0.4 is 5.32 Å². The van der Waals surface area contributed by atoms with Crippen LogP contribution in [0.3, 0.4) is 0 Å². The van der Waals surface area contributed by atoms with Crippen molar-refractivity contribution in [2.75, 3.05) is 12.3 Å². The van der Waals surface area contributed by atoms with Crippen molar-refractivity contribution in [3.63, 3.8) is 0 Å². The molecule has 202 valence electrons. The molecule has 11 atom stereocenters. The van der Waals surface area contributed by atoms with E-state index >= 15 is 0 Å². The summed E-state index contributed by atoms with van der Waals surface area (Å²) in [6, 6.07) is 0. The molecule has 35 heavy (non-hydrogen) atoms. The van der Waals surface area contributed by atoms with E-state index in [1.807, 2.05) is 6.92 Å². The Morgan fingerprint density at radius 1 is 1.00 bits per heavy atom. The number of carbonyl (C=O) groups excluding carboxylic acids is 1. The number of fused-ring (bicyclic) bond motifs is 5. The van der Waals surface area contributed by atoms with Gasteiger partial charge in [-0.05, 0) is 104 Å². The third-order valence-electron chi connectivity index (χ3n) is 11.2. The van der Waals surface area contributed by atoms with E-state index in [4.69, 9.17) is 4.55 Å². The number of carbonyl (C=O) groups is 1. The summed E-state index contributed by atoms with van der Waals surface area (Å²) in [5.41, 5.74) is 0.392. The van der Waals surface area contributed by atoms with E-state index in [0.717, 1.165) is 51.4 Å². The fraction of sp³-hybridized carbons (Fsp3) is 0.963. The van der Waals surface area contributed by atoms with Gasteiger partial charge in [0.05, 0.1) is 18.0 Å². The van der Waals surface area contributed by atoms with Gasteiger partial charge in [0.2, 0.25) is 5.91 Å². The SMILES string of the molecule is CC(C[C@@H](C)[C@H]1CCC2C3C(CC[C@@]21C)C1(C)CC[C@@H](O)CC1C[C@@H]3O)C(=O)NCCS(=O)(=O)O. The van der Waals surface area contributed by atoms with Gasteiger partial charge in [0.25, 0.3) is 10.1 Å². The Bertz CT molecular complexity index is 894. The maximum absolute atomic E-state index is 12.5. The standard InChI is InChI=1S/C27H47NO6S/c1-16(13-17(2)25(31)28-11-12-35(32,33)34)20-5-6-21-24-22(8-10-27(20,21)4)26(3)9-7-19(29)14-18(26)15-23(24)30/h16-24,29-30H,5-15H2,1-4H3,(H,28,31)(H,32,33,34)/t16-,17?,18?,19-,20-,21?,22?,23+,24?,26?,27-/m1/s1. The number of hydrogen-bond acceptors (Lipinski definition) is 5. The van der Waals surface area contributed by atoms with E-state index in [9.17, 15) is 23.4 Å². The van der Waals surface area contributed by atoms with Crippen molar-refractivity contribution in [1.29, 1.82) is 0 Å². The van der Waals surface area contributed by atoms with Gasteiger partial charge in [0.15, 0.2) is 0 Å². The van der Waals surface area contributed by atoms with Crippen LogP contribution in [0.15, 0.2) is 0 Å². The highest BCUT2D eigenvalue weighted by molar-refractivity contribution is 7.85. The van der Waals surface area contributed by atoms with Crippen LogP contribution in [0.1, 0.15) is 85.5 Å². The maximum atomic E-state index is 12.5. The molecule has 4 rings (SSSR count). The number of rotatable bonds is 7. The van der Waals surface area contributed by atoms with Crippen molar-refractivity contribution in [3.8, 4) is 0 Å². The van der Waals surface area contributed by atoms with Gasteiger partial charge in [-0.3, -0.25) is 9.35 Å². The summed E-state index contributed by atoms with van der Waals surface area (Å²) in [6.45, 7) is 8.95. The zero-order chi connectivity index (χ0) is 25.8. The topological polar surface area (TPSA) is 124 Å². The summed E-state index contributed by atoms with van der Waals surface area (Å²) in [5.74, 6) is 1.81. The molecule has 4 aliphatic carbocycles. The predicted molar refractivity (Wildman–Crippen MR) is 135 cm³/mol. The molecule has 4 fully saturated rings. The molecular weight excluding hydrogens is 466 g/mol. The van der Waals surface area contributed by atoms with E-state index in [1.165, 1.54) is 6.42 Å². The second-order valence-corrected chi connectivity index (χ2v) is 14.7. The van der Waals surface area contributed by atoms with Crippen molar-refractivity contribution in [1.82, 2.24) is 5.32 Å². The van der Waals surface area contributed by atoms with E-state index in [2.05, 4.69) is 26.1 Å². The van der Waals surface area contributed by atoms with Crippen LogP contribution in [-0.2, 0) is 14.9 Å². The van der Waals surface area contributed by atoms with Crippen LogP contribution in [-0.4, -0.2) is 53.6 Å². The van der Waals surface area contributed by atoms with E-state index in [0.29, 0.717) is 35.5 Å². The second kappa shape index (κ2) is 9.88. The number of aliphatic hydroxyl groups is 2. The Morgan fingerprint density at radius 3 is 2.34 bits per heavy atom. The molecule has 0 aromatic heterocycles. The lowest BCUT2D eigenvalue weighted by Crippen LogP contribution is -2.58. The number of nitrogens with one attached hydrogen (secondary N) is 1. The first-order valence-corrected chi connectivity index (χ1v) is 15.5. The van der Waals surface area contributed by atoms with E-state index in [-0.39, 0.29) is 41.4 Å². The molecule has 6 unspecified atom stereocenters. The van der Waals surface area contributed by atoms with Gasteiger partial charge in [0, 0.05) is 12.5 Å². The lowest BCUT2D eigenvalue weighted by molar-refractivity contribution is -0.174. The lowest BCUT2D eigenvalue weighted by Gasteiger charge is -2.62. The summed E-state index contributed by atoms with van der Waals surface area (Å²) in [5, 5.41) is 24.3. The summed E-state index contributed by atoms with van der Waals surface area (Å²) >= 11 is 0. The summed E-state index contributed by atoms with van der Waals surface area (Å²) < 4.78 is 30.7. The van der Waals surface area contributed by atoms with Crippen molar-refractivity contribution < 1.29 is 28.0 Å². The minimum atomic E-state index is -4.08. The van der Waals surface area contributed by atoms with Crippen molar-refractivity contribution in [2.45, 2.75) is 97.7 Å². The van der Waals surface area contributed by atoms with Crippen molar-refractivity contribution >= 4 is 16.0 Å². The summed E-state index contributed by atoms with van der Waals surface area (Å²) in [6.07, 6.45) is 8.45. The molecular formula is C27H47NO6S. The lowest BCUT2D eigenvalue weighted by atomic mass is 9.43. The first-order valence-electron chi connectivity index (χ1n) is 13.8. The molecule has 0 bridgehead atoms. The largest absolute Gasteiger partial charge is 0.393 e. The van der Waals surface area contributed by atoms with Gasteiger partial charge >= 0.3 is 0 Å². The predicted octanol–water partition coefficient (Wildman–Crippen LogP) is 3.64. The molecule has 4 aliphatic rings. The minimum absolute atomic E-state index is 0.0721. The Kier molecular flexibility index (Phi) is 7.72. The van der Waals surface area contributed by atoms with Crippen LogP contribution in [0, 0.1) is 52.3 Å². The van der Waals surface area contributed by atoms with Crippen LogP contribution in [0.2, 0.25) is 0 Å². The maximum Gasteiger partial charge on any atom is 0.266 e. The van der Waals surface area contributed by atoms with Gasteiger partial charge < -0.3 is 15.5 Å². The molecule has 0 spiro atoms. The molecule has 0 aliphatic heterocycles. The molecule has 0 radical (unpaired) electrons. The van der Waals surface area contributed by atoms with E-state index in [1.54, 1.807) is 0 Å². The van der Waals surface area contributed by atoms with Gasteiger partial charge in [-0.1, -0.05) is 27.7 Å². The first-order chi connectivity index (χ1) is 16.3. The summed E-state index contributed by atoms with van der Waals surface area (Å²) in [7, 11) is -4.08. The fourth-order valence-corrected chi connectivity index (χ4v) is 9.84. The van der Waals surface area contributed by atoms with Crippen LogP contribution in [0.25, 0.3) is 0 Å². The first kappa shape index (κ1) is 27.3. The molecule has 7 nitrogen and oxygen atoms in total. The molecule has 0 aromatic rings. The number of aliphatic hydroxyl groups excluding tert-OH is 2. The molecule has 4 N–H and O–H groups in total. The Labute approximate surface area is 211 Å². The molecule has 8 heteroatoms. The van der Waals surface area contributed by atoms with Crippen LogP contribution >= 0.6 is 0 Å². The molecule has 0 aromatic carbocycles. The quantitative estimate of drug-likeness (QED) is 0.385. The Hall–Kier alpha value is -0.700. The number of amides is 1. The highest BCUT2D eigenvalue weighted by Crippen LogP contribution is 2.68. The average Bonchev–Trinajstić information content (AvgIpc) is 3.11.